The summed E-state index contributed by atoms with van der Waals surface area (Å²) in [5.74, 6) is -1.78. The summed E-state index contributed by atoms with van der Waals surface area (Å²) >= 11 is 1.05. The molecule has 0 unspecified atom stereocenters. The molecule has 0 bridgehead atoms. The van der Waals surface area contributed by atoms with E-state index < -0.39 is 24.5 Å². The summed E-state index contributed by atoms with van der Waals surface area (Å²) in [6, 6.07) is 11.6. The fourth-order valence-electron chi connectivity index (χ4n) is 3.16. The Morgan fingerprint density at radius 1 is 1.03 bits per heavy atom. The molecule has 0 aliphatic rings. The Hall–Kier alpha value is -3.33. The second-order valence-electron chi connectivity index (χ2n) is 9.12. The molecule has 3 rings (SSSR count). The lowest BCUT2D eigenvalue weighted by molar-refractivity contribution is -0.150. The van der Waals surface area contributed by atoms with Crippen molar-refractivity contribution >= 4 is 46.2 Å². The highest BCUT2D eigenvalue weighted by atomic mass is 32.1. The van der Waals surface area contributed by atoms with Crippen molar-refractivity contribution in [1.29, 1.82) is 0 Å². The van der Waals surface area contributed by atoms with E-state index in [-0.39, 0.29) is 17.2 Å². The van der Waals surface area contributed by atoms with Gasteiger partial charge >= 0.3 is 5.97 Å². The first-order valence-corrected chi connectivity index (χ1v) is 11.4. The molecule has 0 saturated carbocycles. The summed E-state index contributed by atoms with van der Waals surface area (Å²) in [5, 5.41) is 5.40. The average Bonchev–Trinajstić information content (AvgIpc) is 3.25. The van der Waals surface area contributed by atoms with Crippen LogP contribution >= 0.6 is 11.7 Å². The molecule has 2 amide bonds. The minimum absolute atomic E-state index is 0.0264. The minimum atomic E-state index is -0.890. The van der Waals surface area contributed by atoms with Crippen molar-refractivity contribution in [2.75, 3.05) is 11.9 Å². The van der Waals surface area contributed by atoms with Crippen LogP contribution in [-0.4, -0.2) is 39.2 Å². The Labute approximate surface area is 197 Å². The molecule has 1 atom stereocenters. The second kappa shape index (κ2) is 10.1. The normalized spacial score (nSPS) is 12.4. The van der Waals surface area contributed by atoms with Crippen molar-refractivity contribution in [3.63, 3.8) is 0 Å². The molecular weight excluding hydrogens is 440 g/mol. The molecule has 8 nitrogen and oxygen atoms in total. The molecule has 174 valence electrons. The zero-order valence-electron chi connectivity index (χ0n) is 19.3. The van der Waals surface area contributed by atoms with Crippen LogP contribution in [0.25, 0.3) is 11.0 Å². The molecule has 0 aliphatic carbocycles. The van der Waals surface area contributed by atoms with Crippen LogP contribution in [0.15, 0.2) is 42.5 Å². The van der Waals surface area contributed by atoms with Crippen LogP contribution in [0, 0.1) is 5.92 Å². The minimum Gasteiger partial charge on any atom is -0.454 e. The molecule has 2 N–H and O–H groups in total. The van der Waals surface area contributed by atoms with Gasteiger partial charge in [0.25, 0.3) is 11.8 Å². The van der Waals surface area contributed by atoms with E-state index in [0.717, 1.165) is 17.3 Å². The number of nitrogens with one attached hydrogen (secondary N) is 2. The van der Waals surface area contributed by atoms with Gasteiger partial charge in [0.2, 0.25) is 0 Å². The standard InChI is InChI=1S/C24H28N4O4S/c1-14(2)20(26-22(30)15-9-11-16(12-10-15)24(3,4)5)23(31)32-13-19(29)25-17-7-6-8-18-21(17)28-33-27-18/h6-12,14,20H,13H2,1-5H3,(H,25,29)(H,26,30)/t20-/m0/s1. The van der Waals surface area contributed by atoms with Crippen molar-refractivity contribution in [3.05, 3.63) is 53.6 Å². The van der Waals surface area contributed by atoms with Gasteiger partial charge in [-0.25, -0.2) is 4.79 Å². The molecule has 33 heavy (non-hydrogen) atoms. The number of ether oxygens (including phenoxy) is 1. The lowest BCUT2D eigenvalue weighted by atomic mass is 9.86. The number of carbonyl (C=O) groups is 3. The van der Waals surface area contributed by atoms with Gasteiger partial charge in [-0.3, -0.25) is 9.59 Å². The quantitative estimate of drug-likeness (QED) is 0.509. The van der Waals surface area contributed by atoms with Crippen LogP contribution < -0.4 is 10.6 Å². The molecule has 3 aromatic rings. The second-order valence-corrected chi connectivity index (χ2v) is 9.64. The number of amides is 2. The van der Waals surface area contributed by atoms with E-state index in [1.165, 1.54) is 0 Å². The van der Waals surface area contributed by atoms with Gasteiger partial charge in [0.15, 0.2) is 6.61 Å². The number of anilines is 1. The molecule has 2 aromatic carbocycles. The topological polar surface area (TPSA) is 110 Å². The lowest BCUT2D eigenvalue weighted by Crippen LogP contribution is -2.46. The Morgan fingerprint density at radius 2 is 1.73 bits per heavy atom. The molecule has 9 heteroatoms. The monoisotopic (exact) mass is 468 g/mol. The highest BCUT2D eigenvalue weighted by Gasteiger charge is 2.27. The van der Waals surface area contributed by atoms with Gasteiger partial charge in [0.05, 0.1) is 17.4 Å². The predicted molar refractivity (Wildman–Crippen MR) is 128 cm³/mol. The van der Waals surface area contributed by atoms with Gasteiger partial charge in [-0.05, 0) is 41.2 Å². The Morgan fingerprint density at radius 3 is 2.36 bits per heavy atom. The van der Waals surface area contributed by atoms with Crippen molar-refractivity contribution < 1.29 is 19.1 Å². The van der Waals surface area contributed by atoms with E-state index in [9.17, 15) is 14.4 Å². The number of hydrogen-bond acceptors (Lipinski definition) is 7. The van der Waals surface area contributed by atoms with E-state index in [4.69, 9.17) is 4.74 Å². The largest absolute Gasteiger partial charge is 0.454 e. The maximum Gasteiger partial charge on any atom is 0.329 e. The number of hydrogen-bond donors (Lipinski definition) is 2. The van der Waals surface area contributed by atoms with Crippen LogP contribution in [0.5, 0.6) is 0 Å². The first-order valence-electron chi connectivity index (χ1n) is 10.7. The van der Waals surface area contributed by atoms with Crippen LogP contribution in [0.3, 0.4) is 0 Å². The predicted octanol–water partition coefficient (Wildman–Crippen LogP) is 3.93. The highest BCUT2D eigenvalue weighted by Crippen LogP contribution is 2.23. The lowest BCUT2D eigenvalue weighted by Gasteiger charge is -2.22. The number of esters is 1. The maximum atomic E-state index is 12.7. The van der Waals surface area contributed by atoms with Crippen molar-refractivity contribution in [3.8, 4) is 0 Å². The fourth-order valence-corrected chi connectivity index (χ4v) is 3.71. The van der Waals surface area contributed by atoms with Crippen LogP contribution in [0.1, 0.15) is 50.5 Å². The van der Waals surface area contributed by atoms with E-state index in [1.807, 2.05) is 12.1 Å². The van der Waals surface area contributed by atoms with Gasteiger partial charge in [-0.15, -0.1) is 0 Å². The number of benzene rings is 2. The van der Waals surface area contributed by atoms with Gasteiger partial charge in [0, 0.05) is 5.56 Å². The molecule has 0 fully saturated rings. The summed E-state index contributed by atoms with van der Waals surface area (Å²) in [6.45, 7) is 9.40. The third kappa shape index (κ3) is 6.13. The van der Waals surface area contributed by atoms with Crippen LogP contribution in [0.4, 0.5) is 5.69 Å². The summed E-state index contributed by atoms with van der Waals surface area (Å²) < 4.78 is 13.5. The van der Waals surface area contributed by atoms with Gasteiger partial charge in [-0.2, -0.15) is 8.75 Å². The average molecular weight is 469 g/mol. The molecular formula is C24H28N4O4S. The number of nitrogens with zero attached hydrogens (tertiary/aromatic N) is 2. The van der Waals surface area contributed by atoms with E-state index in [1.54, 1.807) is 44.2 Å². The number of rotatable bonds is 7. The Balaban J connectivity index is 1.58. The molecule has 0 saturated heterocycles. The first kappa shape index (κ1) is 24.3. The van der Waals surface area contributed by atoms with Crippen molar-refractivity contribution in [2.45, 2.75) is 46.1 Å². The number of carbonyl (C=O) groups excluding carboxylic acids is 3. The molecule has 0 aliphatic heterocycles. The van der Waals surface area contributed by atoms with E-state index in [0.29, 0.717) is 22.3 Å². The maximum absolute atomic E-state index is 12.7. The zero-order valence-corrected chi connectivity index (χ0v) is 20.2. The SMILES string of the molecule is CC(C)[C@H](NC(=O)c1ccc(C(C)(C)C)cc1)C(=O)OCC(=O)Nc1cccc2nsnc12. The Kier molecular flexibility index (Phi) is 7.43. The fraction of sp³-hybridized carbons (Fsp3) is 0.375. The molecule has 1 heterocycles. The van der Waals surface area contributed by atoms with Gasteiger partial charge < -0.3 is 15.4 Å². The smallest absolute Gasteiger partial charge is 0.329 e. The third-order valence-corrected chi connectivity index (χ3v) is 5.67. The van der Waals surface area contributed by atoms with Gasteiger partial charge in [-0.1, -0.05) is 52.8 Å². The summed E-state index contributed by atoms with van der Waals surface area (Å²) in [4.78, 5) is 37.6. The molecule has 0 spiro atoms. The molecule has 1 aromatic heterocycles. The summed E-state index contributed by atoms with van der Waals surface area (Å²) in [7, 11) is 0. The van der Waals surface area contributed by atoms with E-state index in [2.05, 4.69) is 40.2 Å². The highest BCUT2D eigenvalue weighted by molar-refractivity contribution is 7.00. The van der Waals surface area contributed by atoms with Gasteiger partial charge in [0.1, 0.15) is 17.1 Å². The Bertz CT molecular complexity index is 1150. The number of fused-ring (bicyclic) bond motifs is 1. The first-order chi connectivity index (χ1) is 15.6. The van der Waals surface area contributed by atoms with Crippen LogP contribution in [0.2, 0.25) is 0 Å². The molecule has 0 radical (unpaired) electrons. The third-order valence-electron chi connectivity index (χ3n) is 5.13. The van der Waals surface area contributed by atoms with Crippen molar-refractivity contribution in [1.82, 2.24) is 14.1 Å². The summed E-state index contributed by atoms with van der Waals surface area (Å²) in [6.07, 6.45) is 0. The van der Waals surface area contributed by atoms with Crippen molar-refractivity contribution in [2.24, 2.45) is 5.92 Å². The zero-order chi connectivity index (χ0) is 24.2. The van der Waals surface area contributed by atoms with Crippen LogP contribution in [-0.2, 0) is 19.7 Å². The summed E-state index contributed by atoms with van der Waals surface area (Å²) in [5.41, 5.74) is 3.27. The van der Waals surface area contributed by atoms with E-state index >= 15 is 0 Å². The number of aromatic nitrogens is 2.